The van der Waals surface area contributed by atoms with E-state index in [0.717, 1.165) is 18.7 Å². The lowest BCUT2D eigenvalue weighted by Crippen LogP contribution is -2.03. The van der Waals surface area contributed by atoms with Crippen molar-refractivity contribution >= 4 is 11.6 Å². The Hall–Kier alpha value is -1.49. The fourth-order valence-electron chi connectivity index (χ4n) is 1.31. The lowest BCUT2D eigenvalue weighted by atomic mass is 10.3. The maximum Gasteiger partial charge on any atom is 0.156 e. The zero-order valence-corrected chi connectivity index (χ0v) is 9.02. The van der Waals surface area contributed by atoms with Crippen LogP contribution in [0, 0.1) is 0 Å². The third-order valence-corrected chi connectivity index (χ3v) is 2.23. The van der Waals surface area contributed by atoms with Crippen LogP contribution in [0.3, 0.4) is 0 Å². The zero-order chi connectivity index (χ0) is 10.7. The molecule has 5 nitrogen and oxygen atoms in total. The van der Waals surface area contributed by atoms with Crippen LogP contribution in [-0.4, -0.2) is 25.0 Å². The summed E-state index contributed by atoms with van der Waals surface area (Å²) in [6.07, 6.45) is 5.78. The van der Waals surface area contributed by atoms with Crippen molar-refractivity contribution in [3.8, 4) is 11.4 Å². The molecule has 0 amide bonds. The smallest absolute Gasteiger partial charge is 0.156 e. The van der Waals surface area contributed by atoms with Crippen LogP contribution in [-0.2, 0) is 6.54 Å². The lowest BCUT2D eigenvalue weighted by Gasteiger charge is -2.04. The van der Waals surface area contributed by atoms with Crippen molar-refractivity contribution in [1.29, 1.82) is 0 Å². The number of nitrogens with zero attached hydrogens (tertiary/aromatic N) is 5. The Bertz CT molecular complexity index is 453. The molecule has 15 heavy (non-hydrogen) atoms. The Morgan fingerprint density at radius 2 is 2.13 bits per heavy atom. The molecule has 0 aromatic carbocycles. The van der Waals surface area contributed by atoms with E-state index in [1.807, 2.05) is 0 Å². The highest BCUT2D eigenvalue weighted by atomic mass is 35.5. The zero-order valence-electron chi connectivity index (χ0n) is 8.26. The Morgan fingerprint density at radius 3 is 2.87 bits per heavy atom. The van der Waals surface area contributed by atoms with Crippen LogP contribution < -0.4 is 0 Å². The van der Waals surface area contributed by atoms with Gasteiger partial charge in [0.1, 0.15) is 11.4 Å². The minimum atomic E-state index is 0.372. The monoisotopic (exact) mass is 223 g/mol. The standard InChI is InChI=1S/C9H10ClN5/c1-2-5-15-7(6-13-14-15)8-9(10)12-4-3-11-8/h3-4,6H,2,5H2,1H3. The fraction of sp³-hybridized carbons (Fsp3) is 0.333. The highest BCUT2D eigenvalue weighted by Gasteiger charge is 2.11. The number of halogens is 1. The van der Waals surface area contributed by atoms with Crippen molar-refractivity contribution in [2.45, 2.75) is 19.9 Å². The van der Waals surface area contributed by atoms with Gasteiger partial charge in [0.05, 0.1) is 6.20 Å². The second kappa shape index (κ2) is 4.35. The predicted octanol–water partition coefficient (Wildman–Crippen LogP) is 1.80. The summed E-state index contributed by atoms with van der Waals surface area (Å²) in [6.45, 7) is 2.87. The molecular formula is C9H10ClN5. The van der Waals surface area contributed by atoms with E-state index >= 15 is 0 Å². The van der Waals surface area contributed by atoms with Crippen LogP contribution in [0.15, 0.2) is 18.6 Å². The van der Waals surface area contributed by atoms with Crippen LogP contribution in [0.4, 0.5) is 0 Å². The molecule has 0 aliphatic heterocycles. The van der Waals surface area contributed by atoms with Gasteiger partial charge in [-0.2, -0.15) is 0 Å². The molecule has 0 N–H and O–H groups in total. The van der Waals surface area contributed by atoms with Crippen LogP contribution in [0.1, 0.15) is 13.3 Å². The second-order valence-corrected chi connectivity index (χ2v) is 3.40. The summed E-state index contributed by atoms with van der Waals surface area (Å²) in [7, 11) is 0. The maximum absolute atomic E-state index is 5.95. The molecule has 0 saturated carbocycles. The Labute approximate surface area is 92.1 Å². The molecular weight excluding hydrogens is 214 g/mol. The van der Waals surface area contributed by atoms with Crippen molar-refractivity contribution in [2.75, 3.05) is 0 Å². The Morgan fingerprint density at radius 1 is 1.33 bits per heavy atom. The molecule has 0 saturated heterocycles. The molecule has 78 valence electrons. The van der Waals surface area contributed by atoms with E-state index in [0.29, 0.717) is 10.8 Å². The molecule has 0 unspecified atom stereocenters. The van der Waals surface area contributed by atoms with Crippen molar-refractivity contribution in [3.05, 3.63) is 23.7 Å². The number of rotatable bonds is 3. The predicted molar refractivity (Wildman–Crippen MR) is 56.3 cm³/mol. The Balaban J connectivity index is 2.45. The topological polar surface area (TPSA) is 56.5 Å². The van der Waals surface area contributed by atoms with Gasteiger partial charge in [-0.25, -0.2) is 14.6 Å². The minimum absolute atomic E-state index is 0.372. The van der Waals surface area contributed by atoms with E-state index in [2.05, 4.69) is 27.2 Å². The third kappa shape index (κ3) is 1.97. The van der Waals surface area contributed by atoms with E-state index in [1.165, 1.54) is 0 Å². The van der Waals surface area contributed by atoms with Gasteiger partial charge in [-0.05, 0) is 6.42 Å². The molecule has 0 aliphatic rings. The number of hydrogen-bond donors (Lipinski definition) is 0. The molecule has 0 aliphatic carbocycles. The first-order valence-electron chi connectivity index (χ1n) is 4.68. The number of aromatic nitrogens is 5. The summed E-state index contributed by atoms with van der Waals surface area (Å²) < 4.78 is 1.77. The lowest BCUT2D eigenvalue weighted by molar-refractivity contribution is 0.583. The summed E-state index contributed by atoms with van der Waals surface area (Å²) in [5.41, 5.74) is 1.42. The van der Waals surface area contributed by atoms with Crippen LogP contribution >= 0.6 is 11.6 Å². The summed E-state index contributed by atoms with van der Waals surface area (Å²) >= 11 is 5.95. The van der Waals surface area contributed by atoms with Gasteiger partial charge in [-0.15, -0.1) is 5.10 Å². The molecule has 6 heteroatoms. The van der Waals surface area contributed by atoms with Crippen molar-refractivity contribution in [1.82, 2.24) is 25.0 Å². The molecule has 0 radical (unpaired) electrons. The van der Waals surface area contributed by atoms with Crippen LogP contribution in [0.25, 0.3) is 11.4 Å². The maximum atomic E-state index is 5.95. The average molecular weight is 224 g/mol. The SMILES string of the molecule is CCCn1nncc1-c1nccnc1Cl. The van der Waals surface area contributed by atoms with Gasteiger partial charge >= 0.3 is 0 Å². The van der Waals surface area contributed by atoms with Crippen molar-refractivity contribution in [3.63, 3.8) is 0 Å². The summed E-state index contributed by atoms with van der Waals surface area (Å²) in [5, 5.41) is 8.18. The number of hydrogen-bond acceptors (Lipinski definition) is 4. The van der Waals surface area contributed by atoms with E-state index in [4.69, 9.17) is 11.6 Å². The second-order valence-electron chi connectivity index (χ2n) is 3.04. The third-order valence-electron chi connectivity index (χ3n) is 1.95. The molecule has 0 spiro atoms. The van der Waals surface area contributed by atoms with Gasteiger partial charge in [0.15, 0.2) is 5.15 Å². The first kappa shape index (κ1) is 10.0. The summed E-state index contributed by atoms with van der Waals surface area (Å²) in [5.74, 6) is 0. The van der Waals surface area contributed by atoms with Crippen LogP contribution in [0.2, 0.25) is 5.15 Å². The molecule has 0 fully saturated rings. The van der Waals surface area contributed by atoms with Gasteiger partial charge < -0.3 is 0 Å². The van der Waals surface area contributed by atoms with Gasteiger partial charge in [0.25, 0.3) is 0 Å². The normalized spacial score (nSPS) is 10.5. The minimum Gasteiger partial charge on any atom is -0.250 e. The van der Waals surface area contributed by atoms with E-state index in [-0.39, 0.29) is 0 Å². The molecule has 2 aromatic rings. The first-order valence-corrected chi connectivity index (χ1v) is 5.06. The fourth-order valence-corrected chi connectivity index (χ4v) is 1.51. The van der Waals surface area contributed by atoms with Gasteiger partial charge in [-0.3, -0.25) is 0 Å². The molecule has 0 bridgehead atoms. The highest BCUT2D eigenvalue weighted by molar-refractivity contribution is 6.31. The van der Waals surface area contributed by atoms with Gasteiger partial charge in [-0.1, -0.05) is 23.7 Å². The Kier molecular flexibility index (Phi) is 2.91. The quantitative estimate of drug-likeness (QED) is 0.796. The molecule has 2 heterocycles. The van der Waals surface area contributed by atoms with Crippen molar-refractivity contribution < 1.29 is 0 Å². The highest BCUT2D eigenvalue weighted by Crippen LogP contribution is 2.21. The van der Waals surface area contributed by atoms with E-state index < -0.39 is 0 Å². The largest absolute Gasteiger partial charge is 0.250 e. The van der Waals surface area contributed by atoms with E-state index in [9.17, 15) is 0 Å². The summed E-state index contributed by atoms with van der Waals surface area (Å²) in [6, 6.07) is 0. The summed E-state index contributed by atoms with van der Waals surface area (Å²) in [4.78, 5) is 8.14. The van der Waals surface area contributed by atoms with Crippen molar-refractivity contribution in [2.24, 2.45) is 0 Å². The average Bonchev–Trinajstić information content (AvgIpc) is 2.67. The molecule has 2 rings (SSSR count). The van der Waals surface area contributed by atoms with Crippen LogP contribution in [0.5, 0.6) is 0 Å². The molecule has 0 atom stereocenters. The van der Waals surface area contributed by atoms with Gasteiger partial charge in [0, 0.05) is 18.9 Å². The molecule has 2 aromatic heterocycles. The number of aryl methyl sites for hydroxylation is 1. The van der Waals surface area contributed by atoms with Gasteiger partial charge in [0.2, 0.25) is 0 Å². The first-order chi connectivity index (χ1) is 7.33. The van der Waals surface area contributed by atoms with E-state index in [1.54, 1.807) is 23.3 Å².